The summed E-state index contributed by atoms with van der Waals surface area (Å²) < 4.78 is 4.82. The van der Waals surface area contributed by atoms with Crippen molar-refractivity contribution in [3.8, 4) is 0 Å². The Bertz CT molecular complexity index is 437. The zero-order chi connectivity index (χ0) is 14.4. The number of hydrogen-bond acceptors (Lipinski definition) is 5. The molecule has 1 atom stereocenters. The van der Waals surface area contributed by atoms with Gasteiger partial charge in [-0.1, -0.05) is 0 Å². The number of anilines is 2. The SMILES string of the molecule is COC(=O)c1cc(N)ccc1N(C)C(C)CCSC. The number of nitrogens with zero attached hydrogens (tertiary/aromatic N) is 1. The first-order valence-electron chi connectivity index (χ1n) is 6.20. The lowest BCUT2D eigenvalue weighted by Crippen LogP contribution is -2.30. The van der Waals surface area contributed by atoms with E-state index in [4.69, 9.17) is 10.5 Å². The van der Waals surface area contributed by atoms with E-state index in [1.165, 1.54) is 7.11 Å². The zero-order valence-electron chi connectivity index (χ0n) is 12.0. The summed E-state index contributed by atoms with van der Waals surface area (Å²) in [5.74, 6) is 0.736. The van der Waals surface area contributed by atoms with E-state index in [2.05, 4.69) is 18.1 Å². The first-order chi connectivity index (χ1) is 9.01. The van der Waals surface area contributed by atoms with Gasteiger partial charge in [0.2, 0.25) is 0 Å². The van der Waals surface area contributed by atoms with Crippen LogP contribution < -0.4 is 10.6 Å². The molecule has 0 heterocycles. The fraction of sp³-hybridized carbons (Fsp3) is 0.500. The molecule has 0 saturated heterocycles. The van der Waals surface area contributed by atoms with Crippen LogP contribution in [0.1, 0.15) is 23.7 Å². The number of rotatable bonds is 6. The molecule has 4 nitrogen and oxygen atoms in total. The van der Waals surface area contributed by atoms with Crippen LogP contribution in [0.4, 0.5) is 11.4 Å². The molecule has 5 heteroatoms. The van der Waals surface area contributed by atoms with Crippen LogP contribution in [0, 0.1) is 0 Å². The van der Waals surface area contributed by atoms with Crippen molar-refractivity contribution in [3.05, 3.63) is 23.8 Å². The first-order valence-corrected chi connectivity index (χ1v) is 7.60. The normalized spacial score (nSPS) is 12.0. The Morgan fingerprint density at radius 2 is 2.21 bits per heavy atom. The number of thioether (sulfide) groups is 1. The Morgan fingerprint density at radius 3 is 2.79 bits per heavy atom. The van der Waals surface area contributed by atoms with Gasteiger partial charge in [-0.15, -0.1) is 0 Å². The first kappa shape index (κ1) is 15.7. The molecule has 1 aromatic carbocycles. The summed E-state index contributed by atoms with van der Waals surface area (Å²) in [6.07, 6.45) is 3.15. The Kier molecular flexibility index (Phi) is 6.02. The van der Waals surface area contributed by atoms with Gasteiger partial charge in [-0.25, -0.2) is 4.79 Å². The molecule has 1 unspecified atom stereocenters. The summed E-state index contributed by atoms with van der Waals surface area (Å²) >= 11 is 1.82. The highest BCUT2D eigenvalue weighted by molar-refractivity contribution is 7.98. The van der Waals surface area contributed by atoms with E-state index in [0.717, 1.165) is 17.9 Å². The van der Waals surface area contributed by atoms with Gasteiger partial charge < -0.3 is 15.4 Å². The van der Waals surface area contributed by atoms with Crippen molar-refractivity contribution in [1.82, 2.24) is 0 Å². The van der Waals surface area contributed by atoms with Gasteiger partial charge in [-0.2, -0.15) is 11.8 Å². The van der Waals surface area contributed by atoms with Crippen LogP contribution in [0.15, 0.2) is 18.2 Å². The lowest BCUT2D eigenvalue weighted by atomic mass is 10.1. The van der Waals surface area contributed by atoms with Crippen molar-refractivity contribution in [2.24, 2.45) is 0 Å². The number of esters is 1. The van der Waals surface area contributed by atoms with E-state index >= 15 is 0 Å². The topological polar surface area (TPSA) is 55.6 Å². The van der Waals surface area contributed by atoms with Crippen LogP contribution in [-0.4, -0.2) is 38.2 Å². The number of carbonyl (C=O) groups is 1. The molecule has 0 bridgehead atoms. The average molecular weight is 282 g/mol. The van der Waals surface area contributed by atoms with E-state index in [1.54, 1.807) is 12.1 Å². The third-order valence-corrected chi connectivity index (χ3v) is 3.85. The molecule has 0 aromatic heterocycles. The second-order valence-electron chi connectivity index (χ2n) is 4.51. The highest BCUT2D eigenvalue weighted by atomic mass is 32.2. The number of benzene rings is 1. The maximum absolute atomic E-state index is 11.8. The van der Waals surface area contributed by atoms with Gasteiger partial charge in [-0.3, -0.25) is 0 Å². The third-order valence-electron chi connectivity index (χ3n) is 3.21. The largest absolute Gasteiger partial charge is 0.465 e. The maximum Gasteiger partial charge on any atom is 0.340 e. The Morgan fingerprint density at radius 1 is 1.53 bits per heavy atom. The molecule has 0 amide bonds. The van der Waals surface area contributed by atoms with Gasteiger partial charge in [0.15, 0.2) is 0 Å². The lowest BCUT2D eigenvalue weighted by molar-refractivity contribution is 0.0601. The molecular weight excluding hydrogens is 260 g/mol. The van der Waals surface area contributed by atoms with Crippen LogP contribution in [0.3, 0.4) is 0 Å². The molecule has 2 N–H and O–H groups in total. The maximum atomic E-state index is 11.8. The van der Waals surface area contributed by atoms with E-state index in [0.29, 0.717) is 17.3 Å². The number of nitrogen functional groups attached to an aromatic ring is 1. The fourth-order valence-electron chi connectivity index (χ4n) is 1.85. The predicted octanol–water partition coefficient (Wildman–Crippen LogP) is 2.63. The molecule has 0 fully saturated rings. The number of hydrogen-bond donors (Lipinski definition) is 1. The van der Waals surface area contributed by atoms with Gasteiger partial charge in [0.1, 0.15) is 0 Å². The molecule has 19 heavy (non-hydrogen) atoms. The Balaban J connectivity index is 3.01. The predicted molar refractivity (Wildman–Crippen MR) is 83.1 cm³/mol. The summed E-state index contributed by atoms with van der Waals surface area (Å²) in [5, 5.41) is 0. The molecule has 106 valence electrons. The highest BCUT2D eigenvalue weighted by Crippen LogP contribution is 2.25. The molecule has 0 aliphatic heterocycles. The van der Waals surface area contributed by atoms with Crippen LogP contribution in [0.25, 0.3) is 0 Å². The van der Waals surface area contributed by atoms with Crippen molar-refractivity contribution in [3.63, 3.8) is 0 Å². The van der Waals surface area contributed by atoms with Crippen LogP contribution >= 0.6 is 11.8 Å². The van der Waals surface area contributed by atoms with Gasteiger partial charge in [0, 0.05) is 18.8 Å². The molecular formula is C14H22N2O2S. The Labute approximate surface area is 119 Å². The number of nitrogens with two attached hydrogens (primary N) is 1. The molecule has 0 aliphatic carbocycles. The van der Waals surface area contributed by atoms with Gasteiger partial charge in [0.25, 0.3) is 0 Å². The summed E-state index contributed by atoms with van der Waals surface area (Å²) in [6.45, 7) is 2.15. The molecule has 0 aliphatic rings. The smallest absolute Gasteiger partial charge is 0.340 e. The summed E-state index contributed by atoms with van der Waals surface area (Å²) in [5.41, 5.74) is 7.68. The van der Waals surface area contributed by atoms with Crippen molar-refractivity contribution in [2.75, 3.05) is 36.8 Å². The number of ether oxygens (including phenoxy) is 1. The van der Waals surface area contributed by atoms with Gasteiger partial charge in [0.05, 0.1) is 18.4 Å². The molecule has 0 radical (unpaired) electrons. The monoisotopic (exact) mass is 282 g/mol. The fourth-order valence-corrected chi connectivity index (χ4v) is 2.43. The highest BCUT2D eigenvalue weighted by Gasteiger charge is 2.18. The van der Waals surface area contributed by atoms with Crippen molar-refractivity contribution in [2.45, 2.75) is 19.4 Å². The molecule has 1 aromatic rings. The van der Waals surface area contributed by atoms with E-state index in [9.17, 15) is 4.79 Å². The summed E-state index contributed by atoms with van der Waals surface area (Å²) in [7, 11) is 3.37. The molecule has 0 spiro atoms. The van der Waals surface area contributed by atoms with Crippen LogP contribution in [0.5, 0.6) is 0 Å². The van der Waals surface area contributed by atoms with Gasteiger partial charge in [-0.05, 0) is 43.6 Å². The summed E-state index contributed by atoms with van der Waals surface area (Å²) in [6, 6.07) is 5.69. The van der Waals surface area contributed by atoms with E-state index in [1.807, 2.05) is 24.9 Å². The second kappa shape index (κ2) is 7.28. The average Bonchev–Trinajstić information content (AvgIpc) is 2.42. The number of methoxy groups -OCH3 is 1. The van der Waals surface area contributed by atoms with E-state index < -0.39 is 0 Å². The quantitative estimate of drug-likeness (QED) is 0.642. The van der Waals surface area contributed by atoms with Crippen LogP contribution in [-0.2, 0) is 4.74 Å². The zero-order valence-corrected chi connectivity index (χ0v) is 12.8. The minimum Gasteiger partial charge on any atom is -0.465 e. The lowest BCUT2D eigenvalue weighted by Gasteiger charge is -2.28. The summed E-state index contributed by atoms with van der Waals surface area (Å²) in [4.78, 5) is 13.9. The minimum absolute atomic E-state index is 0.347. The third kappa shape index (κ3) is 4.06. The Hall–Kier alpha value is -1.36. The van der Waals surface area contributed by atoms with Crippen molar-refractivity contribution in [1.29, 1.82) is 0 Å². The second-order valence-corrected chi connectivity index (χ2v) is 5.50. The van der Waals surface area contributed by atoms with Crippen LogP contribution in [0.2, 0.25) is 0 Å². The van der Waals surface area contributed by atoms with Crippen molar-refractivity contribution < 1.29 is 9.53 Å². The number of carbonyl (C=O) groups excluding carboxylic acids is 1. The van der Waals surface area contributed by atoms with Gasteiger partial charge >= 0.3 is 5.97 Å². The minimum atomic E-state index is -0.355. The molecule has 1 rings (SSSR count). The standard InChI is InChI=1S/C14H22N2O2S/c1-10(7-8-19-4)16(2)13-6-5-11(15)9-12(13)14(17)18-3/h5-6,9-10H,7-8,15H2,1-4H3. The van der Waals surface area contributed by atoms with Crippen molar-refractivity contribution >= 4 is 29.1 Å². The molecule has 0 saturated carbocycles. The van der Waals surface area contributed by atoms with E-state index in [-0.39, 0.29) is 5.97 Å².